The number of ether oxygens (including phenoxy) is 1. The Morgan fingerprint density at radius 3 is 2.65 bits per heavy atom. The third-order valence-electron chi connectivity index (χ3n) is 2.54. The van der Waals surface area contributed by atoms with Gasteiger partial charge in [-0.2, -0.15) is 24.9 Å². The molecule has 2 unspecified atom stereocenters. The van der Waals surface area contributed by atoms with Gasteiger partial charge in [-0.05, 0) is 13.3 Å². The number of hydrogen-bond donors (Lipinski definition) is 1. The molecule has 0 aromatic rings. The van der Waals surface area contributed by atoms with E-state index in [9.17, 15) is 18.0 Å². The Labute approximate surface area is 102 Å². The zero-order valence-electron chi connectivity index (χ0n) is 9.76. The van der Waals surface area contributed by atoms with Crippen molar-refractivity contribution in [3.63, 3.8) is 0 Å². The van der Waals surface area contributed by atoms with Crippen molar-refractivity contribution < 1.29 is 22.7 Å². The molecule has 2 atom stereocenters. The lowest BCUT2D eigenvalue weighted by molar-refractivity contribution is -0.154. The molecule has 0 spiro atoms. The first kappa shape index (κ1) is 14.6. The fraction of sp³-hybridized carbons (Fsp3) is 0.900. The quantitative estimate of drug-likeness (QED) is 0.793. The highest BCUT2D eigenvalue weighted by Crippen LogP contribution is 2.35. The molecule has 0 amide bonds. The van der Waals surface area contributed by atoms with Gasteiger partial charge in [-0.1, -0.05) is 6.92 Å². The highest BCUT2D eigenvalue weighted by Gasteiger charge is 2.47. The summed E-state index contributed by atoms with van der Waals surface area (Å²) in [6.45, 7) is 2.54. The lowest BCUT2D eigenvalue weighted by atomic mass is 9.96. The molecular formula is C10H16F3NO2S. The zero-order chi connectivity index (χ0) is 13.1. The second kappa shape index (κ2) is 5.48. The van der Waals surface area contributed by atoms with Crippen molar-refractivity contribution in [3.05, 3.63) is 0 Å². The molecule has 0 aromatic heterocycles. The summed E-state index contributed by atoms with van der Waals surface area (Å²) in [4.78, 5) is 11.8. The Bertz CT molecular complexity index is 285. The number of alkyl halides is 3. The number of halogens is 3. The molecule has 1 aliphatic heterocycles. The van der Waals surface area contributed by atoms with E-state index in [-0.39, 0.29) is 11.9 Å². The molecule has 7 heteroatoms. The van der Waals surface area contributed by atoms with E-state index < -0.39 is 24.2 Å². The summed E-state index contributed by atoms with van der Waals surface area (Å²) in [6, 6.07) is 0. The molecular weight excluding hydrogens is 255 g/mol. The van der Waals surface area contributed by atoms with Crippen LogP contribution >= 0.6 is 11.8 Å². The molecule has 100 valence electrons. The normalized spacial score (nSPS) is 29.4. The minimum absolute atomic E-state index is 0.153. The van der Waals surface area contributed by atoms with Crippen molar-refractivity contribution in [1.29, 1.82) is 0 Å². The molecule has 1 saturated heterocycles. The topological polar surface area (TPSA) is 38.3 Å². The molecule has 1 rings (SSSR count). The molecule has 0 aromatic carbocycles. The van der Waals surface area contributed by atoms with Crippen LogP contribution in [0.25, 0.3) is 0 Å². The van der Waals surface area contributed by atoms with Crippen molar-refractivity contribution in [1.82, 2.24) is 5.32 Å². The van der Waals surface area contributed by atoms with E-state index >= 15 is 0 Å². The van der Waals surface area contributed by atoms with Gasteiger partial charge in [0.15, 0.2) is 0 Å². The summed E-state index contributed by atoms with van der Waals surface area (Å²) < 4.78 is 41.5. The minimum atomic E-state index is -4.32. The van der Waals surface area contributed by atoms with E-state index in [4.69, 9.17) is 4.74 Å². The standard InChI is InChI=1S/C10H16F3NO2S/c1-3-16-8(15)9(4-7(2)17-6-9)14-5-10(11,12)13/h7,14H,3-6H2,1-2H3. The molecule has 1 aliphatic rings. The van der Waals surface area contributed by atoms with Gasteiger partial charge < -0.3 is 4.74 Å². The van der Waals surface area contributed by atoms with Gasteiger partial charge in [0.25, 0.3) is 0 Å². The highest BCUT2D eigenvalue weighted by atomic mass is 32.2. The van der Waals surface area contributed by atoms with Crippen molar-refractivity contribution >= 4 is 17.7 Å². The molecule has 0 radical (unpaired) electrons. The molecule has 0 bridgehead atoms. The second-order valence-electron chi connectivity index (χ2n) is 4.10. The summed E-state index contributed by atoms with van der Waals surface area (Å²) in [5.41, 5.74) is -1.18. The van der Waals surface area contributed by atoms with Crippen LogP contribution in [0.2, 0.25) is 0 Å². The van der Waals surface area contributed by atoms with Gasteiger partial charge in [0.05, 0.1) is 13.2 Å². The van der Waals surface area contributed by atoms with Crippen LogP contribution in [0.3, 0.4) is 0 Å². The fourth-order valence-corrected chi connectivity index (χ4v) is 3.08. The fourth-order valence-electron chi connectivity index (χ4n) is 1.77. The maximum atomic E-state index is 12.2. The first-order chi connectivity index (χ1) is 7.79. The van der Waals surface area contributed by atoms with E-state index in [1.165, 1.54) is 11.8 Å². The summed E-state index contributed by atoms with van der Waals surface area (Å²) in [5, 5.41) is 2.48. The average molecular weight is 271 g/mol. The van der Waals surface area contributed by atoms with Gasteiger partial charge in [0.1, 0.15) is 5.54 Å². The van der Waals surface area contributed by atoms with Crippen LogP contribution in [0.5, 0.6) is 0 Å². The van der Waals surface area contributed by atoms with Crippen LogP contribution in [-0.4, -0.2) is 41.8 Å². The number of nitrogens with one attached hydrogen (secondary N) is 1. The van der Waals surface area contributed by atoms with Crippen molar-refractivity contribution in [3.8, 4) is 0 Å². The number of carbonyl (C=O) groups is 1. The van der Waals surface area contributed by atoms with Gasteiger partial charge in [0.2, 0.25) is 0 Å². The summed E-state index contributed by atoms with van der Waals surface area (Å²) in [6.07, 6.45) is -3.96. The Morgan fingerprint density at radius 1 is 1.59 bits per heavy atom. The van der Waals surface area contributed by atoms with Crippen LogP contribution < -0.4 is 5.32 Å². The minimum Gasteiger partial charge on any atom is -0.465 e. The Kier molecular flexibility index (Phi) is 4.71. The summed E-state index contributed by atoms with van der Waals surface area (Å²) in [7, 11) is 0. The molecule has 17 heavy (non-hydrogen) atoms. The first-order valence-corrected chi connectivity index (χ1v) is 6.44. The van der Waals surface area contributed by atoms with Crippen molar-refractivity contribution in [2.45, 2.75) is 37.2 Å². The van der Waals surface area contributed by atoms with Gasteiger partial charge in [-0.15, -0.1) is 0 Å². The smallest absolute Gasteiger partial charge is 0.401 e. The number of carbonyl (C=O) groups excluding carboxylic acids is 1. The monoisotopic (exact) mass is 271 g/mol. The van der Waals surface area contributed by atoms with Crippen LogP contribution in [-0.2, 0) is 9.53 Å². The zero-order valence-corrected chi connectivity index (χ0v) is 10.6. The molecule has 1 N–H and O–H groups in total. The van der Waals surface area contributed by atoms with E-state index in [1.54, 1.807) is 6.92 Å². The Morgan fingerprint density at radius 2 is 2.24 bits per heavy atom. The second-order valence-corrected chi connectivity index (χ2v) is 5.52. The third kappa shape index (κ3) is 4.06. The van der Waals surface area contributed by atoms with E-state index in [0.717, 1.165) is 0 Å². The SMILES string of the molecule is CCOC(=O)C1(NCC(F)(F)F)CSC(C)C1. The Balaban J connectivity index is 2.70. The molecule has 1 fully saturated rings. The van der Waals surface area contributed by atoms with E-state index in [2.05, 4.69) is 5.32 Å². The van der Waals surface area contributed by atoms with Gasteiger partial charge in [-0.3, -0.25) is 10.1 Å². The number of thioether (sulfide) groups is 1. The maximum absolute atomic E-state index is 12.2. The lowest BCUT2D eigenvalue weighted by Gasteiger charge is -2.28. The third-order valence-corrected chi connectivity index (χ3v) is 3.94. The number of rotatable bonds is 4. The maximum Gasteiger partial charge on any atom is 0.401 e. The first-order valence-electron chi connectivity index (χ1n) is 5.40. The van der Waals surface area contributed by atoms with Crippen molar-refractivity contribution in [2.24, 2.45) is 0 Å². The Hall–Kier alpha value is -0.430. The van der Waals surface area contributed by atoms with Crippen LogP contribution in [0.15, 0.2) is 0 Å². The predicted molar refractivity (Wildman–Crippen MR) is 60.0 cm³/mol. The van der Waals surface area contributed by atoms with Gasteiger partial charge in [-0.25, -0.2) is 0 Å². The van der Waals surface area contributed by atoms with Crippen molar-refractivity contribution in [2.75, 3.05) is 18.9 Å². The molecule has 0 saturated carbocycles. The van der Waals surface area contributed by atoms with Crippen LogP contribution in [0.4, 0.5) is 13.2 Å². The number of hydrogen-bond acceptors (Lipinski definition) is 4. The van der Waals surface area contributed by atoms with Gasteiger partial charge in [0, 0.05) is 11.0 Å². The highest BCUT2D eigenvalue weighted by molar-refractivity contribution is 8.00. The van der Waals surface area contributed by atoms with E-state index in [1.807, 2.05) is 6.92 Å². The number of esters is 1. The van der Waals surface area contributed by atoms with Crippen LogP contribution in [0, 0.1) is 0 Å². The molecule has 3 nitrogen and oxygen atoms in total. The molecule has 0 aliphatic carbocycles. The van der Waals surface area contributed by atoms with Gasteiger partial charge >= 0.3 is 12.1 Å². The summed E-state index contributed by atoms with van der Waals surface area (Å²) in [5.74, 6) is -0.260. The molecule has 1 heterocycles. The van der Waals surface area contributed by atoms with E-state index in [0.29, 0.717) is 12.2 Å². The summed E-state index contributed by atoms with van der Waals surface area (Å²) >= 11 is 1.48. The predicted octanol–water partition coefficient (Wildman–Crippen LogP) is 1.97. The largest absolute Gasteiger partial charge is 0.465 e. The lowest BCUT2D eigenvalue weighted by Crippen LogP contribution is -2.56. The average Bonchev–Trinajstić information content (AvgIpc) is 2.58. The van der Waals surface area contributed by atoms with Crippen LogP contribution in [0.1, 0.15) is 20.3 Å².